The van der Waals surface area contributed by atoms with Crippen LogP contribution in [0.2, 0.25) is 0 Å². The molecule has 2 N–H and O–H groups in total. The lowest BCUT2D eigenvalue weighted by atomic mass is 10.1. The summed E-state index contributed by atoms with van der Waals surface area (Å²) in [6, 6.07) is 25.0. The molecular formula is C29H21Br2N3O5. The molecule has 8 nitrogen and oxygen atoms in total. The highest BCUT2D eigenvalue weighted by atomic mass is 79.9. The van der Waals surface area contributed by atoms with Crippen LogP contribution in [0.1, 0.15) is 36.6 Å². The van der Waals surface area contributed by atoms with Crippen LogP contribution in [0.25, 0.3) is 0 Å². The van der Waals surface area contributed by atoms with E-state index in [1.807, 2.05) is 0 Å². The molecule has 0 heterocycles. The van der Waals surface area contributed by atoms with Gasteiger partial charge in [0, 0.05) is 31.3 Å². The number of nitrogens with one attached hydrogen (secondary N) is 2. The number of ether oxygens (including phenoxy) is 2. The quantitative estimate of drug-likeness (QED) is 0.0986. The van der Waals surface area contributed by atoms with Crippen molar-refractivity contribution >= 4 is 61.5 Å². The first-order valence-corrected chi connectivity index (χ1v) is 13.1. The summed E-state index contributed by atoms with van der Waals surface area (Å²) in [4.78, 5) is 37.8. The second kappa shape index (κ2) is 13.0. The summed E-state index contributed by atoms with van der Waals surface area (Å²) in [5.74, 6) is -0.434. The Bertz CT molecular complexity index is 1540. The van der Waals surface area contributed by atoms with E-state index in [0.29, 0.717) is 28.1 Å². The Kier molecular flexibility index (Phi) is 9.24. The van der Waals surface area contributed by atoms with Gasteiger partial charge in [0.25, 0.3) is 11.8 Å². The predicted molar refractivity (Wildman–Crippen MR) is 156 cm³/mol. The molecule has 0 spiro atoms. The van der Waals surface area contributed by atoms with Gasteiger partial charge in [0.1, 0.15) is 11.5 Å². The number of amides is 2. The van der Waals surface area contributed by atoms with Crippen molar-refractivity contribution in [2.24, 2.45) is 5.10 Å². The molecule has 0 aliphatic rings. The number of esters is 1. The highest BCUT2D eigenvalue weighted by Gasteiger charge is 2.13. The molecule has 0 bridgehead atoms. The van der Waals surface area contributed by atoms with Crippen molar-refractivity contribution in [2.45, 2.75) is 0 Å². The molecule has 39 heavy (non-hydrogen) atoms. The Morgan fingerprint density at radius 2 is 1.46 bits per heavy atom. The van der Waals surface area contributed by atoms with Gasteiger partial charge < -0.3 is 14.8 Å². The fourth-order valence-electron chi connectivity index (χ4n) is 3.37. The minimum absolute atomic E-state index is 0.271. The molecule has 4 aromatic rings. The normalized spacial score (nSPS) is 10.6. The van der Waals surface area contributed by atoms with Crippen molar-refractivity contribution in [1.29, 1.82) is 0 Å². The summed E-state index contributed by atoms with van der Waals surface area (Å²) in [6.45, 7) is 0. The molecule has 10 heteroatoms. The number of benzene rings is 4. The van der Waals surface area contributed by atoms with Crippen molar-refractivity contribution < 1.29 is 23.9 Å². The van der Waals surface area contributed by atoms with Gasteiger partial charge in [0.15, 0.2) is 0 Å². The van der Waals surface area contributed by atoms with Gasteiger partial charge in [-0.1, -0.05) is 37.9 Å². The van der Waals surface area contributed by atoms with Crippen LogP contribution in [0, 0.1) is 0 Å². The Morgan fingerprint density at radius 3 is 2.18 bits per heavy atom. The Morgan fingerprint density at radius 1 is 0.769 bits per heavy atom. The van der Waals surface area contributed by atoms with E-state index in [0.717, 1.165) is 8.95 Å². The molecule has 0 radical (unpaired) electrons. The number of hydrazone groups is 1. The van der Waals surface area contributed by atoms with Crippen LogP contribution < -0.4 is 20.2 Å². The lowest BCUT2D eigenvalue weighted by molar-refractivity contribution is 0.0733. The largest absolute Gasteiger partial charge is 0.497 e. The first-order chi connectivity index (χ1) is 18.8. The Hall–Kier alpha value is -4.28. The second-order valence-electron chi connectivity index (χ2n) is 8.04. The molecule has 0 saturated carbocycles. The van der Waals surface area contributed by atoms with Gasteiger partial charge in [-0.2, -0.15) is 5.10 Å². The summed E-state index contributed by atoms with van der Waals surface area (Å²) >= 11 is 6.72. The van der Waals surface area contributed by atoms with E-state index in [-0.39, 0.29) is 17.2 Å². The maximum atomic E-state index is 12.7. The minimum atomic E-state index is -0.531. The third kappa shape index (κ3) is 7.62. The molecule has 4 aromatic carbocycles. The van der Waals surface area contributed by atoms with E-state index in [1.54, 1.807) is 92.0 Å². The van der Waals surface area contributed by atoms with Crippen LogP contribution in [-0.2, 0) is 0 Å². The first kappa shape index (κ1) is 27.7. The zero-order chi connectivity index (χ0) is 27.8. The summed E-state index contributed by atoms with van der Waals surface area (Å²) in [5, 5.41) is 6.79. The van der Waals surface area contributed by atoms with E-state index in [4.69, 9.17) is 9.47 Å². The van der Waals surface area contributed by atoms with Crippen LogP contribution in [0.4, 0.5) is 5.69 Å². The molecule has 0 fully saturated rings. The van der Waals surface area contributed by atoms with Gasteiger partial charge in [0.05, 0.1) is 18.9 Å². The molecule has 0 aliphatic carbocycles. The molecule has 0 saturated heterocycles. The fraction of sp³-hybridized carbons (Fsp3) is 0.0345. The summed E-state index contributed by atoms with van der Waals surface area (Å²) < 4.78 is 12.2. The predicted octanol–water partition coefficient (Wildman–Crippen LogP) is 6.46. The smallest absolute Gasteiger partial charge is 0.343 e. The van der Waals surface area contributed by atoms with Gasteiger partial charge >= 0.3 is 5.97 Å². The fourth-order valence-corrected chi connectivity index (χ4v) is 4.01. The van der Waals surface area contributed by atoms with E-state index in [2.05, 4.69) is 47.7 Å². The van der Waals surface area contributed by atoms with Gasteiger partial charge in [0.2, 0.25) is 0 Å². The topological polar surface area (TPSA) is 106 Å². The lowest BCUT2D eigenvalue weighted by Crippen LogP contribution is -2.18. The van der Waals surface area contributed by atoms with Crippen LogP contribution in [-0.4, -0.2) is 31.1 Å². The highest BCUT2D eigenvalue weighted by molar-refractivity contribution is 9.10. The summed E-state index contributed by atoms with van der Waals surface area (Å²) in [7, 11) is 1.55. The van der Waals surface area contributed by atoms with Crippen molar-refractivity contribution in [3.05, 3.63) is 122 Å². The highest BCUT2D eigenvalue weighted by Crippen LogP contribution is 2.23. The number of hydrogen-bond acceptors (Lipinski definition) is 6. The van der Waals surface area contributed by atoms with E-state index in [9.17, 15) is 14.4 Å². The lowest BCUT2D eigenvalue weighted by Gasteiger charge is -2.09. The van der Waals surface area contributed by atoms with E-state index >= 15 is 0 Å². The average molecular weight is 651 g/mol. The van der Waals surface area contributed by atoms with Gasteiger partial charge in [-0.25, -0.2) is 10.2 Å². The van der Waals surface area contributed by atoms with Crippen LogP contribution >= 0.6 is 31.9 Å². The third-order valence-electron chi connectivity index (χ3n) is 5.36. The molecule has 0 aliphatic heterocycles. The third-order valence-corrected chi connectivity index (χ3v) is 6.38. The van der Waals surface area contributed by atoms with Crippen LogP contribution in [0.15, 0.2) is 105 Å². The number of rotatable bonds is 8. The number of hydrogen-bond donors (Lipinski definition) is 2. The summed E-state index contributed by atoms with van der Waals surface area (Å²) in [6.07, 6.45) is 1.38. The van der Waals surface area contributed by atoms with Crippen LogP contribution in [0.3, 0.4) is 0 Å². The SMILES string of the molecule is COc1ccc(C(=O)Nc2cccc(C(=O)NN=Cc3cc(Br)ccc3OC(=O)c3ccc(Br)cc3)c2)cc1. The number of nitrogens with zero attached hydrogens (tertiary/aromatic N) is 1. The van der Waals surface area contributed by atoms with Crippen molar-refractivity contribution in [2.75, 3.05) is 12.4 Å². The van der Waals surface area contributed by atoms with Crippen molar-refractivity contribution in [3.63, 3.8) is 0 Å². The van der Waals surface area contributed by atoms with Crippen molar-refractivity contribution in [3.8, 4) is 11.5 Å². The Balaban J connectivity index is 1.41. The van der Waals surface area contributed by atoms with Gasteiger partial charge in [-0.3, -0.25) is 9.59 Å². The maximum Gasteiger partial charge on any atom is 0.343 e. The standard InChI is InChI=1S/C29H21Br2N3O5/c1-38-25-12-7-18(8-13-25)27(35)33-24-4-2-3-20(16-24)28(36)34-32-17-21-15-23(31)11-14-26(21)39-29(37)19-5-9-22(30)10-6-19/h2-17H,1H3,(H,33,35)(H,34,36). The monoisotopic (exact) mass is 649 g/mol. The van der Waals surface area contributed by atoms with E-state index < -0.39 is 11.9 Å². The molecule has 2 amide bonds. The summed E-state index contributed by atoms with van der Waals surface area (Å²) in [5.41, 5.74) is 4.49. The minimum Gasteiger partial charge on any atom is -0.497 e. The number of methoxy groups -OCH3 is 1. The molecule has 0 atom stereocenters. The molecular weight excluding hydrogens is 630 g/mol. The number of halogens is 2. The van der Waals surface area contributed by atoms with Crippen molar-refractivity contribution in [1.82, 2.24) is 5.43 Å². The van der Waals surface area contributed by atoms with E-state index in [1.165, 1.54) is 12.3 Å². The maximum absolute atomic E-state index is 12.7. The number of carbonyl (C=O) groups is 3. The first-order valence-electron chi connectivity index (χ1n) is 11.5. The van der Waals surface area contributed by atoms with Crippen LogP contribution in [0.5, 0.6) is 11.5 Å². The molecule has 4 rings (SSSR count). The van der Waals surface area contributed by atoms with Gasteiger partial charge in [-0.05, 0) is 84.9 Å². The second-order valence-corrected chi connectivity index (χ2v) is 9.87. The zero-order valence-electron chi connectivity index (χ0n) is 20.5. The molecule has 196 valence electrons. The van der Waals surface area contributed by atoms with Gasteiger partial charge in [-0.15, -0.1) is 0 Å². The average Bonchev–Trinajstić information content (AvgIpc) is 2.94. The Labute approximate surface area is 241 Å². The molecule has 0 unspecified atom stereocenters. The molecule has 0 aromatic heterocycles. The number of carbonyl (C=O) groups excluding carboxylic acids is 3. The number of anilines is 1. The zero-order valence-corrected chi connectivity index (χ0v) is 23.7.